The number of carbonyl (C=O) groups is 1. The topological polar surface area (TPSA) is 47.4 Å². The molecule has 0 radical (unpaired) electrons. The lowest BCUT2D eigenvalue weighted by atomic mass is 10.2. The van der Waals surface area contributed by atoms with Gasteiger partial charge in [-0.2, -0.15) is 5.10 Å². The number of methoxy groups -OCH3 is 1. The van der Waals surface area contributed by atoms with Gasteiger partial charge >= 0.3 is 0 Å². The maximum atomic E-state index is 12.7. The van der Waals surface area contributed by atoms with E-state index in [2.05, 4.69) is 21.0 Å². The summed E-state index contributed by atoms with van der Waals surface area (Å²) in [5.41, 5.74) is 0.498. The molecule has 108 valence electrons. The van der Waals surface area contributed by atoms with Gasteiger partial charge in [-0.05, 0) is 41.5 Å². The predicted octanol–water partition coefficient (Wildman–Crippen LogP) is 2.51. The molecule has 0 amide bonds. The Kier molecular flexibility index (Phi) is 4.95. The van der Waals surface area contributed by atoms with Crippen LogP contribution in [0.3, 0.4) is 0 Å². The highest BCUT2D eigenvalue weighted by Crippen LogP contribution is 2.29. The number of rotatable bonds is 6. The molecule has 0 saturated carbocycles. The smallest absolute Gasteiger partial charge is 0.225 e. The summed E-state index contributed by atoms with van der Waals surface area (Å²) in [6.45, 7) is 1.44. The van der Waals surface area contributed by atoms with Gasteiger partial charge in [-0.3, -0.25) is 9.48 Å². The van der Waals surface area contributed by atoms with E-state index in [0.29, 0.717) is 22.9 Å². The van der Waals surface area contributed by atoms with Gasteiger partial charge < -0.3 is 9.64 Å². The molecule has 0 aliphatic carbocycles. The highest BCUT2D eigenvalue weighted by Gasteiger charge is 2.23. The molecule has 7 heteroatoms. The molecule has 0 atom stereocenters. The number of likely N-dealkylation sites (N-methyl/N-ethyl adjacent to an activating group) is 1. The summed E-state index contributed by atoms with van der Waals surface area (Å²) < 4.78 is 7.77. The van der Waals surface area contributed by atoms with Gasteiger partial charge in [0.15, 0.2) is 11.4 Å². The van der Waals surface area contributed by atoms with Gasteiger partial charge in [-0.25, -0.2) is 0 Å². The van der Waals surface area contributed by atoms with Crippen molar-refractivity contribution in [2.45, 2.75) is 6.54 Å². The van der Waals surface area contributed by atoms with E-state index < -0.39 is 0 Å². The number of thiophene rings is 1. The monoisotopic (exact) mass is 357 g/mol. The van der Waals surface area contributed by atoms with Gasteiger partial charge in [-0.1, -0.05) is 0 Å². The maximum absolute atomic E-state index is 12.7. The van der Waals surface area contributed by atoms with Crippen LogP contribution in [0, 0.1) is 0 Å². The minimum atomic E-state index is -0.0695. The lowest BCUT2D eigenvalue weighted by molar-refractivity contribution is 0.102. The lowest BCUT2D eigenvalue weighted by Gasteiger charge is -2.11. The number of ketones is 1. The Morgan fingerprint density at radius 3 is 2.85 bits per heavy atom. The third-order valence-corrected chi connectivity index (χ3v) is 4.66. The van der Waals surface area contributed by atoms with Crippen molar-refractivity contribution in [3.63, 3.8) is 0 Å². The van der Waals surface area contributed by atoms with Crippen LogP contribution < -0.4 is 4.74 Å². The molecule has 0 N–H and O–H groups in total. The van der Waals surface area contributed by atoms with Gasteiger partial charge in [0, 0.05) is 11.0 Å². The average Bonchev–Trinajstić information content (AvgIpc) is 3.01. The Morgan fingerprint density at radius 2 is 2.30 bits per heavy atom. The van der Waals surface area contributed by atoms with Gasteiger partial charge in [0.2, 0.25) is 5.78 Å². The third-order valence-electron chi connectivity index (χ3n) is 2.82. The molecule has 2 aromatic heterocycles. The van der Waals surface area contributed by atoms with E-state index in [1.165, 1.54) is 11.3 Å². The zero-order valence-electron chi connectivity index (χ0n) is 11.6. The molecule has 0 aliphatic rings. The van der Waals surface area contributed by atoms with Crippen LogP contribution in [0.2, 0.25) is 0 Å². The summed E-state index contributed by atoms with van der Waals surface area (Å²) >= 11 is 4.80. The van der Waals surface area contributed by atoms with Crippen molar-refractivity contribution in [2.75, 3.05) is 27.7 Å². The van der Waals surface area contributed by atoms with Crippen LogP contribution in [0.25, 0.3) is 0 Å². The van der Waals surface area contributed by atoms with Gasteiger partial charge in [0.25, 0.3) is 0 Å². The Labute approximate surface area is 130 Å². The first-order valence-electron chi connectivity index (χ1n) is 6.06. The zero-order chi connectivity index (χ0) is 14.7. The molecule has 0 spiro atoms. The van der Waals surface area contributed by atoms with Crippen LogP contribution in [-0.2, 0) is 6.54 Å². The van der Waals surface area contributed by atoms with Crippen molar-refractivity contribution in [1.29, 1.82) is 0 Å². The molecular weight excluding hydrogens is 342 g/mol. The average molecular weight is 358 g/mol. The van der Waals surface area contributed by atoms with Gasteiger partial charge in [0.05, 0.1) is 24.7 Å². The van der Waals surface area contributed by atoms with Crippen molar-refractivity contribution in [1.82, 2.24) is 14.7 Å². The lowest BCUT2D eigenvalue weighted by Crippen LogP contribution is -2.21. The van der Waals surface area contributed by atoms with Crippen molar-refractivity contribution in [2.24, 2.45) is 0 Å². The Balaban J connectivity index is 2.36. The second-order valence-electron chi connectivity index (χ2n) is 4.51. The highest BCUT2D eigenvalue weighted by atomic mass is 79.9. The minimum Gasteiger partial charge on any atom is -0.493 e. The molecule has 5 nitrogen and oxygen atoms in total. The first-order chi connectivity index (χ1) is 9.54. The zero-order valence-corrected chi connectivity index (χ0v) is 14.0. The van der Waals surface area contributed by atoms with E-state index in [0.717, 1.165) is 11.0 Å². The molecule has 2 rings (SSSR count). The number of carbonyl (C=O) groups excluding carboxylic acids is 1. The Bertz CT molecular complexity index is 607. The fourth-order valence-corrected chi connectivity index (χ4v) is 3.27. The fraction of sp³-hybridized carbons (Fsp3) is 0.385. The molecule has 0 aliphatic heterocycles. The second kappa shape index (κ2) is 6.51. The van der Waals surface area contributed by atoms with Crippen LogP contribution in [0.4, 0.5) is 0 Å². The molecule has 2 aromatic rings. The van der Waals surface area contributed by atoms with E-state index in [1.54, 1.807) is 18.0 Å². The fourth-order valence-electron chi connectivity index (χ4n) is 1.77. The number of halogens is 1. The van der Waals surface area contributed by atoms with Crippen LogP contribution >= 0.6 is 27.3 Å². The number of nitrogens with zero attached hydrogens (tertiary/aromatic N) is 3. The van der Waals surface area contributed by atoms with Crippen molar-refractivity contribution in [3.05, 3.63) is 32.7 Å². The van der Waals surface area contributed by atoms with Crippen LogP contribution in [0.15, 0.2) is 22.1 Å². The Hall–Kier alpha value is -1.18. The number of aromatic nitrogens is 2. The van der Waals surface area contributed by atoms with Gasteiger partial charge in [0.1, 0.15) is 0 Å². The summed E-state index contributed by atoms with van der Waals surface area (Å²) in [4.78, 5) is 15.4. The molecule has 20 heavy (non-hydrogen) atoms. The number of ether oxygens (including phenoxy) is 1. The van der Waals surface area contributed by atoms with Crippen molar-refractivity contribution in [3.8, 4) is 5.75 Å². The first-order valence-corrected chi connectivity index (χ1v) is 7.74. The highest BCUT2D eigenvalue weighted by molar-refractivity contribution is 9.10. The summed E-state index contributed by atoms with van der Waals surface area (Å²) in [7, 11) is 5.52. The predicted molar refractivity (Wildman–Crippen MR) is 82.8 cm³/mol. The standard InChI is InChI=1S/C13H16BrN3O2S/c1-16(2)5-6-17-11(10(19-3)8-15-17)12(18)13-9(14)4-7-20-13/h4,7-8H,5-6H2,1-3H3. The second-order valence-corrected chi connectivity index (χ2v) is 6.29. The molecule has 0 aromatic carbocycles. The third kappa shape index (κ3) is 3.11. The van der Waals surface area contributed by atoms with Crippen LogP contribution in [0.5, 0.6) is 5.75 Å². The van der Waals surface area contributed by atoms with E-state index in [9.17, 15) is 4.79 Å². The van der Waals surface area contributed by atoms with E-state index in [-0.39, 0.29) is 5.78 Å². The molecule has 0 fully saturated rings. The summed E-state index contributed by atoms with van der Waals surface area (Å²) in [6, 6.07) is 1.87. The Morgan fingerprint density at radius 1 is 1.55 bits per heavy atom. The van der Waals surface area contributed by atoms with E-state index >= 15 is 0 Å². The van der Waals surface area contributed by atoms with Gasteiger partial charge in [-0.15, -0.1) is 11.3 Å². The van der Waals surface area contributed by atoms with Crippen LogP contribution in [-0.4, -0.2) is 48.2 Å². The normalized spacial score (nSPS) is 11.1. The largest absolute Gasteiger partial charge is 0.493 e. The molecule has 0 bridgehead atoms. The molecule has 0 unspecified atom stereocenters. The first kappa shape index (κ1) is 15.2. The maximum Gasteiger partial charge on any atom is 0.225 e. The number of hydrogen-bond donors (Lipinski definition) is 0. The van der Waals surface area contributed by atoms with Crippen molar-refractivity contribution >= 4 is 33.0 Å². The summed E-state index contributed by atoms with van der Waals surface area (Å²) in [5.74, 6) is 0.439. The molecule has 0 saturated heterocycles. The molecular formula is C13H16BrN3O2S. The van der Waals surface area contributed by atoms with Crippen LogP contribution in [0.1, 0.15) is 15.4 Å². The van der Waals surface area contributed by atoms with Crippen molar-refractivity contribution < 1.29 is 9.53 Å². The SMILES string of the molecule is COc1cnn(CCN(C)C)c1C(=O)c1sccc1Br. The van der Waals surface area contributed by atoms with E-state index in [4.69, 9.17) is 4.74 Å². The minimum absolute atomic E-state index is 0.0695. The number of hydrogen-bond acceptors (Lipinski definition) is 5. The quantitative estimate of drug-likeness (QED) is 0.745. The van der Waals surface area contributed by atoms with E-state index in [1.807, 2.05) is 30.4 Å². The summed E-state index contributed by atoms with van der Waals surface area (Å²) in [6.07, 6.45) is 1.59. The summed E-state index contributed by atoms with van der Waals surface area (Å²) in [5, 5.41) is 6.13. The molecule has 2 heterocycles.